The third kappa shape index (κ3) is 2.42. The zero-order valence-corrected chi connectivity index (χ0v) is 12.0. The third-order valence-corrected chi connectivity index (χ3v) is 3.96. The summed E-state index contributed by atoms with van der Waals surface area (Å²) >= 11 is 3.13. The summed E-state index contributed by atoms with van der Waals surface area (Å²) in [6.45, 7) is 1.81. The first-order valence-corrected chi connectivity index (χ1v) is 6.78. The summed E-state index contributed by atoms with van der Waals surface area (Å²) < 4.78 is 28.6. The van der Waals surface area contributed by atoms with E-state index < -0.39 is 17.2 Å². The van der Waals surface area contributed by atoms with E-state index in [0.717, 1.165) is 0 Å². The Bertz CT molecular complexity index is 600. The molecule has 4 heteroatoms. The molecule has 0 saturated heterocycles. The van der Waals surface area contributed by atoms with Gasteiger partial charge in [-0.1, -0.05) is 37.3 Å². The topological polar surface area (TPSA) is 26.0 Å². The number of nitrogens with two attached hydrogens (primary N) is 1. The van der Waals surface area contributed by atoms with Crippen molar-refractivity contribution in [2.24, 2.45) is 5.73 Å². The molecule has 0 aliphatic rings. The van der Waals surface area contributed by atoms with Gasteiger partial charge in [-0.15, -0.1) is 0 Å². The Morgan fingerprint density at radius 1 is 1.05 bits per heavy atom. The van der Waals surface area contributed by atoms with Crippen molar-refractivity contribution in [1.29, 1.82) is 0 Å². The Kier molecular flexibility index (Phi) is 4.02. The van der Waals surface area contributed by atoms with Crippen LogP contribution in [-0.4, -0.2) is 0 Å². The van der Waals surface area contributed by atoms with Crippen LogP contribution in [0, 0.1) is 11.6 Å². The molecule has 100 valence electrons. The van der Waals surface area contributed by atoms with Crippen LogP contribution >= 0.6 is 15.9 Å². The van der Waals surface area contributed by atoms with Gasteiger partial charge in [-0.25, -0.2) is 8.78 Å². The second-order valence-electron chi connectivity index (χ2n) is 4.41. The molecule has 1 nitrogen and oxygen atoms in total. The van der Waals surface area contributed by atoms with Gasteiger partial charge in [0.1, 0.15) is 11.6 Å². The molecule has 0 aromatic heterocycles. The van der Waals surface area contributed by atoms with Crippen LogP contribution in [0.1, 0.15) is 24.5 Å². The van der Waals surface area contributed by atoms with Crippen molar-refractivity contribution in [3.63, 3.8) is 0 Å². The molecule has 0 heterocycles. The molecule has 0 amide bonds. The summed E-state index contributed by atoms with van der Waals surface area (Å²) in [5.41, 5.74) is 5.72. The van der Waals surface area contributed by atoms with Gasteiger partial charge < -0.3 is 5.73 Å². The van der Waals surface area contributed by atoms with E-state index in [1.807, 2.05) is 6.92 Å². The number of hydrogen-bond donors (Lipinski definition) is 1. The van der Waals surface area contributed by atoms with Crippen molar-refractivity contribution in [2.75, 3.05) is 0 Å². The van der Waals surface area contributed by atoms with E-state index in [4.69, 9.17) is 5.73 Å². The van der Waals surface area contributed by atoms with E-state index in [1.54, 1.807) is 36.4 Å². The Morgan fingerprint density at radius 3 is 2.32 bits per heavy atom. The van der Waals surface area contributed by atoms with Crippen molar-refractivity contribution in [2.45, 2.75) is 18.9 Å². The smallest absolute Gasteiger partial charge is 0.142 e. The summed E-state index contributed by atoms with van der Waals surface area (Å²) in [4.78, 5) is 0. The number of hydrogen-bond acceptors (Lipinski definition) is 1. The van der Waals surface area contributed by atoms with Gasteiger partial charge in [0.25, 0.3) is 0 Å². The summed E-state index contributed by atoms with van der Waals surface area (Å²) in [6.07, 6.45) is 0.390. The molecule has 0 bridgehead atoms. The zero-order valence-electron chi connectivity index (χ0n) is 10.5. The second kappa shape index (κ2) is 5.39. The van der Waals surface area contributed by atoms with Crippen molar-refractivity contribution in [3.05, 3.63) is 69.7 Å². The fraction of sp³-hybridized carbons (Fsp3) is 0.200. The quantitative estimate of drug-likeness (QED) is 0.892. The summed E-state index contributed by atoms with van der Waals surface area (Å²) in [7, 11) is 0. The highest BCUT2D eigenvalue weighted by molar-refractivity contribution is 9.10. The minimum atomic E-state index is -1.18. The predicted octanol–water partition coefficient (Wildman–Crippen LogP) is 4.34. The molecule has 2 aromatic carbocycles. The molecule has 1 atom stereocenters. The maximum atomic E-state index is 14.3. The van der Waals surface area contributed by atoms with Crippen LogP contribution in [-0.2, 0) is 5.54 Å². The van der Waals surface area contributed by atoms with E-state index in [0.29, 0.717) is 16.5 Å². The Balaban J connectivity index is 2.67. The fourth-order valence-corrected chi connectivity index (χ4v) is 2.56. The highest BCUT2D eigenvalue weighted by Gasteiger charge is 2.33. The Labute approximate surface area is 119 Å². The van der Waals surface area contributed by atoms with Crippen molar-refractivity contribution in [1.82, 2.24) is 0 Å². The van der Waals surface area contributed by atoms with E-state index >= 15 is 0 Å². The monoisotopic (exact) mass is 325 g/mol. The average Bonchev–Trinajstić information content (AvgIpc) is 2.41. The van der Waals surface area contributed by atoms with Crippen molar-refractivity contribution >= 4 is 15.9 Å². The van der Waals surface area contributed by atoms with E-state index in [1.165, 1.54) is 6.07 Å². The van der Waals surface area contributed by atoms with Gasteiger partial charge in [0.2, 0.25) is 0 Å². The SMILES string of the molecule is CCC(N)(c1ccccc1F)c1cccc(Br)c1F. The lowest BCUT2D eigenvalue weighted by molar-refractivity contribution is 0.452. The molecule has 0 aliphatic heterocycles. The average molecular weight is 326 g/mol. The van der Waals surface area contributed by atoms with E-state index in [9.17, 15) is 8.78 Å². The number of rotatable bonds is 3. The van der Waals surface area contributed by atoms with E-state index in [-0.39, 0.29) is 5.56 Å². The van der Waals surface area contributed by atoms with Gasteiger partial charge in [-0.3, -0.25) is 0 Å². The third-order valence-electron chi connectivity index (χ3n) is 3.34. The number of benzene rings is 2. The molecule has 0 radical (unpaired) electrons. The highest BCUT2D eigenvalue weighted by atomic mass is 79.9. The Hall–Kier alpha value is -1.26. The lowest BCUT2D eigenvalue weighted by Crippen LogP contribution is -2.39. The molecule has 0 spiro atoms. The number of halogens is 3. The lowest BCUT2D eigenvalue weighted by Gasteiger charge is -2.30. The van der Waals surface area contributed by atoms with Crippen LogP contribution in [0.2, 0.25) is 0 Å². The van der Waals surface area contributed by atoms with Gasteiger partial charge in [-0.05, 0) is 34.5 Å². The van der Waals surface area contributed by atoms with Crippen LogP contribution in [0.15, 0.2) is 46.9 Å². The highest BCUT2D eigenvalue weighted by Crippen LogP contribution is 2.35. The van der Waals surface area contributed by atoms with Crippen molar-refractivity contribution < 1.29 is 8.78 Å². The lowest BCUT2D eigenvalue weighted by atomic mass is 9.81. The van der Waals surface area contributed by atoms with Crippen LogP contribution in [0.25, 0.3) is 0 Å². The molecule has 2 rings (SSSR count). The second-order valence-corrected chi connectivity index (χ2v) is 5.26. The van der Waals surface area contributed by atoms with Crippen LogP contribution in [0.3, 0.4) is 0 Å². The maximum absolute atomic E-state index is 14.3. The van der Waals surface area contributed by atoms with Crippen LogP contribution in [0.4, 0.5) is 8.78 Å². The van der Waals surface area contributed by atoms with Gasteiger partial charge in [0, 0.05) is 11.1 Å². The molecule has 2 N–H and O–H groups in total. The largest absolute Gasteiger partial charge is 0.318 e. The standard InChI is InChI=1S/C15H14BrF2N/c1-2-15(19,10-6-3-4-9-13(10)17)11-7-5-8-12(16)14(11)18/h3-9H,2,19H2,1H3. The molecular weight excluding hydrogens is 312 g/mol. The molecule has 1 unspecified atom stereocenters. The van der Waals surface area contributed by atoms with E-state index in [2.05, 4.69) is 15.9 Å². The first-order valence-electron chi connectivity index (χ1n) is 5.99. The summed E-state index contributed by atoms with van der Waals surface area (Å²) in [6, 6.07) is 11.1. The van der Waals surface area contributed by atoms with Crippen LogP contribution in [0.5, 0.6) is 0 Å². The normalized spacial score (nSPS) is 14.2. The molecule has 2 aromatic rings. The molecule has 0 fully saturated rings. The van der Waals surface area contributed by atoms with Gasteiger partial charge in [0.15, 0.2) is 0 Å². The van der Waals surface area contributed by atoms with Crippen LogP contribution < -0.4 is 5.73 Å². The summed E-state index contributed by atoms with van der Waals surface area (Å²) in [5, 5.41) is 0. The fourth-order valence-electron chi connectivity index (χ4n) is 2.20. The first-order chi connectivity index (χ1) is 9.00. The zero-order chi connectivity index (χ0) is 14.0. The Morgan fingerprint density at radius 2 is 1.68 bits per heavy atom. The molecule has 0 saturated carbocycles. The molecular formula is C15H14BrF2N. The van der Waals surface area contributed by atoms with Crippen molar-refractivity contribution in [3.8, 4) is 0 Å². The summed E-state index contributed by atoms with van der Waals surface area (Å²) in [5.74, 6) is -0.874. The molecule has 0 aliphatic carbocycles. The minimum Gasteiger partial charge on any atom is -0.318 e. The predicted molar refractivity (Wildman–Crippen MR) is 75.8 cm³/mol. The molecule has 19 heavy (non-hydrogen) atoms. The first kappa shape index (κ1) is 14.2. The minimum absolute atomic E-state index is 0.287. The maximum Gasteiger partial charge on any atom is 0.142 e. The van der Waals surface area contributed by atoms with Gasteiger partial charge in [0.05, 0.1) is 10.0 Å². The van der Waals surface area contributed by atoms with Gasteiger partial charge >= 0.3 is 0 Å². The van der Waals surface area contributed by atoms with Gasteiger partial charge in [-0.2, -0.15) is 0 Å².